The highest BCUT2D eigenvalue weighted by molar-refractivity contribution is 8.00. The number of rotatable bonds is 6. The van der Waals surface area contributed by atoms with Gasteiger partial charge in [-0.05, 0) is 32.9 Å². The van der Waals surface area contributed by atoms with Crippen LogP contribution in [0.5, 0.6) is 0 Å². The van der Waals surface area contributed by atoms with Gasteiger partial charge in [0.25, 0.3) is 0 Å². The molecule has 0 saturated heterocycles. The highest BCUT2D eigenvalue weighted by atomic mass is 32.2. The molecular weight excluding hydrogens is 296 g/mol. The minimum Gasteiger partial charge on any atom is -0.325 e. The largest absolute Gasteiger partial charge is 0.325 e. The first-order chi connectivity index (χ1) is 10.5. The van der Waals surface area contributed by atoms with Gasteiger partial charge in [-0.3, -0.25) is 4.79 Å². The molecule has 1 aromatic heterocycles. The third-order valence-corrected chi connectivity index (χ3v) is 4.26. The van der Waals surface area contributed by atoms with Gasteiger partial charge in [-0.1, -0.05) is 35.5 Å². The topological polar surface area (TPSA) is 59.8 Å². The fourth-order valence-electron chi connectivity index (χ4n) is 1.88. The quantitative estimate of drug-likeness (QED) is 0.657. The molecule has 1 aromatic carbocycles. The Morgan fingerprint density at radius 2 is 2.05 bits per heavy atom. The van der Waals surface area contributed by atoms with Crippen molar-refractivity contribution in [1.29, 1.82) is 0 Å². The molecule has 0 unspecified atom stereocenters. The number of thioether (sulfide) groups is 1. The number of nitrogens with zero attached hydrogens (tertiary/aromatic N) is 3. The molecule has 0 saturated carbocycles. The Kier molecular flexibility index (Phi) is 5.38. The molecule has 0 radical (unpaired) electrons. The molecule has 116 valence electrons. The number of nitrogens with one attached hydrogen (secondary N) is 1. The van der Waals surface area contributed by atoms with Crippen LogP contribution in [0.3, 0.4) is 0 Å². The van der Waals surface area contributed by atoms with E-state index >= 15 is 0 Å². The summed E-state index contributed by atoms with van der Waals surface area (Å²) in [4.78, 5) is 12.3. The molecular formula is C16H20N4OS. The van der Waals surface area contributed by atoms with Crippen LogP contribution in [0.2, 0.25) is 0 Å². The van der Waals surface area contributed by atoms with Gasteiger partial charge in [0.2, 0.25) is 5.91 Å². The zero-order chi connectivity index (χ0) is 16.1. The number of aromatic nitrogens is 3. The van der Waals surface area contributed by atoms with E-state index in [1.54, 1.807) is 6.08 Å². The van der Waals surface area contributed by atoms with E-state index in [2.05, 4.69) is 22.1 Å². The van der Waals surface area contributed by atoms with Crippen LogP contribution in [0, 0.1) is 13.8 Å². The summed E-state index contributed by atoms with van der Waals surface area (Å²) in [7, 11) is 0. The van der Waals surface area contributed by atoms with Crippen molar-refractivity contribution in [2.75, 3.05) is 5.32 Å². The fourth-order valence-corrected chi connectivity index (χ4v) is 2.78. The second-order valence-corrected chi connectivity index (χ2v) is 6.35. The molecule has 6 heteroatoms. The van der Waals surface area contributed by atoms with Gasteiger partial charge < -0.3 is 9.88 Å². The van der Waals surface area contributed by atoms with E-state index in [4.69, 9.17) is 0 Å². The first-order valence-electron chi connectivity index (χ1n) is 7.06. The highest BCUT2D eigenvalue weighted by Crippen LogP contribution is 2.23. The molecule has 2 aromatic rings. The van der Waals surface area contributed by atoms with Gasteiger partial charge in [0.05, 0.1) is 5.25 Å². The minimum atomic E-state index is -0.270. The predicted molar refractivity (Wildman–Crippen MR) is 90.1 cm³/mol. The molecule has 1 atom stereocenters. The predicted octanol–water partition coefficient (Wildman–Crippen LogP) is 3.20. The molecule has 22 heavy (non-hydrogen) atoms. The maximum atomic E-state index is 12.3. The summed E-state index contributed by atoms with van der Waals surface area (Å²) in [6.45, 7) is 10.1. The average Bonchev–Trinajstić information content (AvgIpc) is 2.83. The lowest BCUT2D eigenvalue weighted by Gasteiger charge is -2.12. The Hall–Kier alpha value is -2.08. The first-order valence-corrected chi connectivity index (χ1v) is 7.94. The molecule has 0 aliphatic heterocycles. The highest BCUT2D eigenvalue weighted by Gasteiger charge is 2.18. The molecule has 0 fully saturated rings. The van der Waals surface area contributed by atoms with E-state index < -0.39 is 0 Å². The van der Waals surface area contributed by atoms with E-state index in [0.29, 0.717) is 6.54 Å². The number of carbonyl (C=O) groups excluding carboxylic acids is 1. The van der Waals surface area contributed by atoms with Crippen molar-refractivity contribution in [1.82, 2.24) is 14.8 Å². The lowest BCUT2D eigenvalue weighted by atomic mass is 10.2. The van der Waals surface area contributed by atoms with E-state index in [9.17, 15) is 4.79 Å². The Morgan fingerprint density at radius 1 is 1.36 bits per heavy atom. The van der Waals surface area contributed by atoms with Crippen LogP contribution in [-0.4, -0.2) is 25.9 Å². The molecule has 0 aliphatic carbocycles. The molecule has 2 rings (SSSR count). The van der Waals surface area contributed by atoms with Gasteiger partial charge in [-0.15, -0.1) is 16.8 Å². The smallest absolute Gasteiger partial charge is 0.237 e. The second kappa shape index (κ2) is 7.26. The maximum absolute atomic E-state index is 12.3. The maximum Gasteiger partial charge on any atom is 0.237 e. The molecule has 0 bridgehead atoms. The molecule has 1 heterocycles. The van der Waals surface area contributed by atoms with Gasteiger partial charge >= 0.3 is 0 Å². The van der Waals surface area contributed by atoms with Crippen LogP contribution in [0.4, 0.5) is 5.69 Å². The number of benzene rings is 1. The lowest BCUT2D eigenvalue weighted by Crippen LogP contribution is -2.23. The third kappa shape index (κ3) is 3.98. The monoisotopic (exact) mass is 316 g/mol. The summed E-state index contributed by atoms with van der Waals surface area (Å²) in [6.07, 6.45) is 1.79. The summed E-state index contributed by atoms with van der Waals surface area (Å²) in [5.74, 6) is 0.758. The second-order valence-electron chi connectivity index (χ2n) is 5.04. The Labute approximate surface area is 134 Å². The molecule has 5 nitrogen and oxygen atoms in total. The zero-order valence-electron chi connectivity index (χ0n) is 13.0. The SMILES string of the molecule is C=CCn1c(C)nnc1S[C@@H](C)C(=O)Nc1ccc(C)cc1. The normalized spacial score (nSPS) is 12.0. The molecule has 0 spiro atoms. The third-order valence-electron chi connectivity index (χ3n) is 3.18. The van der Waals surface area contributed by atoms with Crippen molar-refractivity contribution < 1.29 is 4.79 Å². The van der Waals surface area contributed by atoms with E-state index in [-0.39, 0.29) is 11.2 Å². The standard InChI is InChI=1S/C16H20N4OS/c1-5-10-20-13(4)18-19-16(20)22-12(3)15(21)17-14-8-6-11(2)7-9-14/h5-9,12H,1,10H2,2-4H3,(H,17,21)/t12-/m0/s1. The van der Waals surface area contributed by atoms with Crippen LogP contribution in [0.1, 0.15) is 18.3 Å². The van der Waals surface area contributed by atoms with Crippen LogP contribution < -0.4 is 5.32 Å². The van der Waals surface area contributed by atoms with Crippen molar-refractivity contribution in [3.05, 3.63) is 48.3 Å². The minimum absolute atomic E-state index is 0.0559. The molecule has 1 N–H and O–H groups in total. The van der Waals surface area contributed by atoms with Gasteiger partial charge in [0, 0.05) is 12.2 Å². The van der Waals surface area contributed by atoms with E-state index in [0.717, 1.165) is 22.2 Å². The fraction of sp³-hybridized carbons (Fsp3) is 0.312. The summed E-state index contributed by atoms with van der Waals surface area (Å²) in [5.41, 5.74) is 1.96. The number of anilines is 1. The van der Waals surface area contributed by atoms with Gasteiger partial charge in [-0.2, -0.15) is 0 Å². The van der Waals surface area contributed by atoms with Crippen molar-refractivity contribution in [2.24, 2.45) is 0 Å². The number of hydrogen-bond donors (Lipinski definition) is 1. The van der Waals surface area contributed by atoms with Crippen LogP contribution >= 0.6 is 11.8 Å². The van der Waals surface area contributed by atoms with Crippen LogP contribution in [0.25, 0.3) is 0 Å². The van der Waals surface area contributed by atoms with Gasteiger partial charge in [-0.25, -0.2) is 0 Å². The lowest BCUT2D eigenvalue weighted by molar-refractivity contribution is -0.115. The molecule has 1 amide bonds. The number of amides is 1. The van der Waals surface area contributed by atoms with Crippen molar-refractivity contribution >= 4 is 23.4 Å². The Morgan fingerprint density at radius 3 is 2.68 bits per heavy atom. The summed E-state index contributed by atoms with van der Waals surface area (Å²) in [6, 6.07) is 7.74. The van der Waals surface area contributed by atoms with Gasteiger partial charge in [0.15, 0.2) is 5.16 Å². The van der Waals surface area contributed by atoms with Crippen LogP contribution in [-0.2, 0) is 11.3 Å². The zero-order valence-corrected chi connectivity index (χ0v) is 13.9. The van der Waals surface area contributed by atoms with Crippen molar-refractivity contribution in [3.8, 4) is 0 Å². The number of allylic oxidation sites excluding steroid dienone is 1. The first kappa shape index (κ1) is 16.3. The van der Waals surface area contributed by atoms with E-state index in [1.807, 2.05) is 49.6 Å². The summed E-state index contributed by atoms with van der Waals surface area (Å²) < 4.78 is 1.94. The van der Waals surface area contributed by atoms with Crippen molar-refractivity contribution in [3.63, 3.8) is 0 Å². The Balaban J connectivity index is 2.02. The summed E-state index contributed by atoms with van der Waals surface area (Å²) >= 11 is 1.39. The summed E-state index contributed by atoms with van der Waals surface area (Å²) in [5, 5.41) is 11.5. The number of carbonyl (C=O) groups is 1. The number of aryl methyl sites for hydroxylation is 2. The van der Waals surface area contributed by atoms with Crippen molar-refractivity contribution in [2.45, 2.75) is 37.7 Å². The molecule has 0 aliphatic rings. The van der Waals surface area contributed by atoms with E-state index in [1.165, 1.54) is 11.8 Å². The van der Waals surface area contributed by atoms with Gasteiger partial charge in [0.1, 0.15) is 5.82 Å². The Bertz CT molecular complexity index is 663. The number of hydrogen-bond acceptors (Lipinski definition) is 4. The van der Waals surface area contributed by atoms with Crippen LogP contribution in [0.15, 0.2) is 42.1 Å². The average molecular weight is 316 g/mol.